The summed E-state index contributed by atoms with van der Waals surface area (Å²) in [4.78, 5) is 12.7. The minimum absolute atomic E-state index is 0.171. The summed E-state index contributed by atoms with van der Waals surface area (Å²) in [5.41, 5.74) is 2.27. The Morgan fingerprint density at radius 1 is 1.20 bits per heavy atom. The van der Waals surface area contributed by atoms with Gasteiger partial charge in [0.25, 0.3) is 5.91 Å². The first-order valence-electron chi connectivity index (χ1n) is 7.90. The van der Waals surface area contributed by atoms with E-state index >= 15 is 0 Å². The number of aryl methyl sites for hydroxylation is 1. The molecule has 0 bridgehead atoms. The molecule has 0 aliphatic carbocycles. The van der Waals surface area contributed by atoms with E-state index < -0.39 is 0 Å². The van der Waals surface area contributed by atoms with E-state index in [2.05, 4.69) is 15.5 Å². The van der Waals surface area contributed by atoms with Crippen LogP contribution in [0.2, 0.25) is 5.02 Å². The van der Waals surface area contributed by atoms with E-state index in [4.69, 9.17) is 11.6 Å². The van der Waals surface area contributed by atoms with Crippen LogP contribution in [0.25, 0.3) is 16.6 Å². The fraction of sp³-hybridized carbons (Fsp3) is 0.167. The summed E-state index contributed by atoms with van der Waals surface area (Å²) < 4.78 is 3.72. The highest BCUT2D eigenvalue weighted by Gasteiger charge is 2.19. The highest BCUT2D eigenvalue weighted by molar-refractivity contribution is 6.31. The first-order valence-corrected chi connectivity index (χ1v) is 8.28. The number of hydrogen-bond acceptors (Lipinski definition) is 3. The fourth-order valence-corrected chi connectivity index (χ4v) is 3.21. The van der Waals surface area contributed by atoms with Gasteiger partial charge in [-0.15, -0.1) is 10.2 Å². The van der Waals surface area contributed by atoms with Gasteiger partial charge in [-0.2, -0.15) is 0 Å². The number of fused-ring (bicyclic) bond motifs is 2. The van der Waals surface area contributed by atoms with Crippen molar-refractivity contribution < 1.29 is 4.79 Å². The van der Waals surface area contributed by atoms with E-state index in [1.54, 1.807) is 0 Å². The molecule has 0 aliphatic heterocycles. The number of amides is 1. The number of nitrogens with zero attached hydrogens (tertiary/aromatic N) is 4. The number of pyridine rings is 1. The second-order valence-electron chi connectivity index (χ2n) is 5.97. The minimum Gasteiger partial charge on any atom is -0.341 e. The molecule has 4 rings (SSSR count). The molecule has 0 saturated carbocycles. The van der Waals surface area contributed by atoms with E-state index in [1.807, 2.05) is 71.6 Å². The van der Waals surface area contributed by atoms with Gasteiger partial charge in [0.1, 0.15) is 5.69 Å². The number of carbonyl (C=O) groups is 1. The van der Waals surface area contributed by atoms with Crippen molar-refractivity contribution in [2.45, 2.75) is 13.0 Å². The molecule has 6 nitrogen and oxygen atoms in total. The van der Waals surface area contributed by atoms with Gasteiger partial charge in [0.15, 0.2) is 11.5 Å². The summed E-state index contributed by atoms with van der Waals surface area (Å²) >= 11 is 6.04. The van der Waals surface area contributed by atoms with Crippen molar-refractivity contribution in [2.24, 2.45) is 7.05 Å². The number of nitrogens with one attached hydrogen (secondary N) is 1. The first-order chi connectivity index (χ1) is 12.0. The molecule has 4 aromatic rings. The molecule has 126 valence electrons. The molecular weight excluding hydrogens is 338 g/mol. The lowest BCUT2D eigenvalue weighted by atomic mass is 10.2. The standard InChI is InChI=1S/C18H16ClN5O/c1-11(17-22-21-16-5-3-4-8-24(16)17)20-18(25)15-10-12-9-13(19)6-7-14(12)23(15)2/h3-11H,1-2H3,(H,20,25)/t11-/m0/s1. The van der Waals surface area contributed by atoms with Crippen molar-refractivity contribution >= 4 is 34.1 Å². The maximum atomic E-state index is 12.7. The summed E-state index contributed by atoms with van der Waals surface area (Å²) in [6.45, 7) is 1.89. The Bertz CT molecular complexity index is 1100. The number of hydrogen-bond donors (Lipinski definition) is 1. The molecule has 0 spiro atoms. The van der Waals surface area contributed by atoms with Crippen LogP contribution in [-0.2, 0) is 7.05 Å². The molecule has 0 unspecified atom stereocenters. The highest BCUT2D eigenvalue weighted by Crippen LogP contribution is 2.23. The summed E-state index contributed by atoms with van der Waals surface area (Å²) in [6, 6.07) is 12.8. The van der Waals surface area contributed by atoms with Crippen molar-refractivity contribution in [3.63, 3.8) is 0 Å². The van der Waals surface area contributed by atoms with Crippen molar-refractivity contribution in [2.75, 3.05) is 0 Å². The molecule has 3 aromatic heterocycles. The Kier molecular flexibility index (Phi) is 3.69. The number of halogens is 1. The predicted octanol–water partition coefficient (Wildman–Crippen LogP) is 3.37. The number of rotatable bonds is 3. The summed E-state index contributed by atoms with van der Waals surface area (Å²) in [5.74, 6) is 0.515. The molecule has 0 saturated heterocycles. The van der Waals surface area contributed by atoms with Gasteiger partial charge in [0, 0.05) is 29.2 Å². The second kappa shape index (κ2) is 5.89. The topological polar surface area (TPSA) is 64.2 Å². The van der Waals surface area contributed by atoms with Gasteiger partial charge in [-0.05, 0) is 43.3 Å². The molecule has 25 heavy (non-hydrogen) atoms. The highest BCUT2D eigenvalue weighted by atomic mass is 35.5. The summed E-state index contributed by atoms with van der Waals surface area (Å²) in [6.07, 6.45) is 1.88. The number of aromatic nitrogens is 4. The van der Waals surface area contributed by atoms with E-state index in [1.165, 1.54) is 0 Å². The lowest BCUT2D eigenvalue weighted by Gasteiger charge is -2.13. The van der Waals surface area contributed by atoms with Crippen LogP contribution in [0.1, 0.15) is 29.3 Å². The van der Waals surface area contributed by atoms with Gasteiger partial charge in [0.2, 0.25) is 0 Å². The zero-order valence-electron chi connectivity index (χ0n) is 13.8. The van der Waals surface area contributed by atoms with Gasteiger partial charge in [-0.1, -0.05) is 17.7 Å². The van der Waals surface area contributed by atoms with Crippen molar-refractivity contribution in [3.05, 3.63) is 65.2 Å². The molecule has 1 aromatic carbocycles. The molecule has 0 aliphatic rings. The lowest BCUT2D eigenvalue weighted by Crippen LogP contribution is -2.29. The monoisotopic (exact) mass is 353 g/mol. The third-order valence-electron chi connectivity index (χ3n) is 4.31. The van der Waals surface area contributed by atoms with E-state index in [9.17, 15) is 4.79 Å². The van der Waals surface area contributed by atoms with Crippen molar-refractivity contribution in [1.82, 2.24) is 24.5 Å². The summed E-state index contributed by atoms with van der Waals surface area (Å²) in [7, 11) is 1.86. The van der Waals surface area contributed by atoms with Crippen LogP contribution in [0, 0.1) is 0 Å². The van der Waals surface area contributed by atoms with Crippen LogP contribution < -0.4 is 5.32 Å². The smallest absolute Gasteiger partial charge is 0.268 e. The molecule has 1 amide bonds. The van der Waals surface area contributed by atoms with Crippen LogP contribution in [-0.4, -0.2) is 25.1 Å². The fourth-order valence-electron chi connectivity index (χ4n) is 3.03. The van der Waals surface area contributed by atoms with Gasteiger partial charge >= 0.3 is 0 Å². The first kappa shape index (κ1) is 15.7. The van der Waals surface area contributed by atoms with Gasteiger partial charge < -0.3 is 9.88 Å². The average Bonchev–Trinajstić information content (AvgIpc) is 3.16. The lowest BCUT2D eigenvalue weighted by molar-refractivity contribution is 0.0930. The van der Waals surface area contributed by atoms with Crippen molar-refractivity contribution in [1.29, 1.82) is 0 Å². The zero-order valence-corrected chi connectivity index (χ0v) is 14.5. The largest absolute Gasteiger partial charge is 0.341 e. The average molecular weight is 354 g/mol. The van der Waals surface area contributed by atoms with Gasteiger partial charge in [-0.25, -0.2) is 0 Å². The SMILES string of the molecule is C[C@H](NC(=O)c1cc2cc(Cl)ccc2n1C)c1nnc2ccccn12. The molecule has 7 heteroatoms. The van der Waals surface area contributed by atoms with Gasteiger partial charge in [0.05, 0.1) is 6.04 Å². The van der Waals surface area contributed by atoms with E-state index in [0.717, 1.165) is 16.6 Å². The quantitative estimate of drug-likeness (QED) is 0.614. The van der Waals surface area contributed by atoms with Crippen LogP contribution in [0.3, 0.4) is 0 Å². The zero-order chi connectivity index (χ0) is 17.6. The number of carbonyl (C=O) groups excluding carboxylic acids is 1. The van der Waals surface area contributed by atoms with Gasteiger partial charge in [-0.3, -0.25) is 9.20 Å². The van der Waals surface area contributed by atoms with E-state index in [0.29, 0.717) is 16.5 Å². The minimum atomic E-state index is -0.286. The molecule has 3 heterocycles. The Morgan fingerprint density at radius 2 is 2.04 bits per heavy atom. The Labute approximate surface area is 149 Å². The van der Waals surface area contributed by atoms with Crippen LogP contribution in [0.5, 0.6) is 0 Å². The van der Waals surface area contributed by atoms with Crippen molar-refractivity contribution in [3.8, 4) is 0 Å². The molecule has 1 N–H and O–H groups in total. The predicted molar refractivity (Wildman–Crippen MR) is 96.8 cm³/mol. The maximum Gasteiger partial charge on any atom is 0.268 e. The Morgan fingerprint density at radius 3 is 2.88 bits per heavy atom. The third-order valence-corrected chi connectivity index (χ3v) is 4.55. The molecule has 1 atom stereocenters. The van der Waals surface area contributed by atoms with Crippen LogP contribution in [0.15, 0.2) is 48.7 Å². The summed E-state index contributed by atoms with van der Waals surface area (Å²) in [5, 5.41) is 12.9. The number of benzene rings is 1. The Balaban J connectivity index is 1.64. The normalized spacial score (nSPS) is 12.6. The van der Waals surface area contributed by atoms with E-state index in [-0.39, 0.29) is 11.9 Å². The molecular formula is C18H16ClN5O. The maximum absolute atomic E-state index is 12.7. The van der Waals surface area contributed by atoms with Crippen LogP contribution >= 0.6 is 11.6 Å². The second-order valence-corrected chi connectivity index (χ2v) is 6.41. The van der Waals surface area contributed by atoms with Crippen LogP contribution in [0.4, 0.5) is 0 Å². The Hall–Kier alpha value is -2.86. The molecule has 0 radical (unpaired) electrons. The third kappa shape index (κ3) is 2.64. The molecule has 0 fully saturated rings.